The zero-order valence-electron chi connectivity index (χ0n) is 18.9. The van der Waals surface area contributed by atoms with Crippen LogP contribution in [0, 0.1) is 11.8 Å². The molecule has 0 bridgehead atoms. The van der Waals surface area contributed by atoms with Crippen molar-refractivity contribution in [2.24, 2.45) is 18.9 Å². The molecule has 0 aliphatic rings. The minimum Gasteiger partial charge on any atom is -0.353 e. The first-order chi connectivity index (χ1) is 14.6. The highest BCUT2D eigenvalue weighted by Gasteiger charge is 2.24. The Kier molecular flexibility index (Phi) is 9.26. The standard InChI is InChI=1S/C23H32Cl2N4O2/c1-16(2)12-28(14-18-8-7-11-27(18)5)21(30)15-29(13-17(3)4)23(31)26-22-19(24)9-6-10-20(22)25/h6-11,16-17H,12-15H2,1-5H3,(H,26,31). The zero-order chi connectivity index (χ0) is 23.1. The fraction of sp³-hybridized carbons (Fsp3) is 0.478. The van der Waals surface area contributed by atoms with Crippen LogP contribution in [-0.2, 0) is 18.4 Å². The van der Waals surface area contributed by atoms with Gasteiger partial charge in [-0.05, 0) is 36.1 Å². The number of aromatic nitrogens is 1. The lowest BCUT2D eigenvalue weighted by molar-refractivity contribution is -0.133. The summed E-state index contributed by atoms with van der Waals surface area (Å²) in [6.45, 7) is 9.66. The van der Waals surface area contributed by atoms with Gasteiger partial charge in [-0.2, -0.15) is 0 Å². The number of urea groups is 1. The lowest BCUT2D eigenvalue weighted by atomic mass is 10.2. The third-order valence-corrected chi connectivity index (χ3v) is 5.37. The molecule has 1 aromatic carbocycles. The largest absolute Gasteiger partial charge is 0.353 e. The summed E-state index contributed by atoms with van der Waals surface area (Å²) in [6, 6.07) is 8.58. The van der Waals surface area contributed by atoms with Gasteiger partial charge >= 0.3 is 6.03 Å². The van der Waals surface area contributed by atoms with E-state index >= 15 is 0 Å². The summed E-state index contributed by atoms with van der Waals surface area (Å²) in [4.78, 5) is 29.6. The van der Waals surface area contributed by atoms with E-state index in [4.69, 9.17) is 23.2 Å². The molecule has 0 atom stereocenters. The van der Waals surface area contributed by atoms with Gasteiger partial charge in [0.2, 0.25) is 5.91 Å². The van der Waals surface area contributed by atoms with Gasteiger partial charge in [0, 0.05) is 32.0 Å². The number of hydrogen-bond donors (Lipinski definition) is 1. The highest BCUT2D eigenvalue weighted by molar-refractivity contribution is 6.39. The topological polar surface area (TPSA) is 57.6 Å². The summed E-state index contributed by atoms with van der Waals surface area (Å²) in [5, 5.41) is 3.47. The maximum absolute atomic E-state index is 13.2. The van der Waals surface area contributed by atoms with Crippen molar-refractivity contribution < 1.29 is 9.59 Å². The van der Waals surface area contributed by atoms with Crippen LogP contribution in [0.3, 0.4) is 0 Å². The molecule has 1 N–H and O–H groups in total. The summed E-state index contributed by atoms with van der Waals surface area (Å²) in [7, 11) is 1.96. The summed E-state index contributed by atoms with van der Waals surface area (Å²) >= 11 is 12.4. The van der Waals surface area contributed by atoms with Gasteiger partial charge < -0.3 is 19.7 Å². The number of rotatable bonds is 9. The van der Waals surface area contributed by atoms with Crippen molar-refractivity contribution >= 4 is 40.8 Å². The number of nitrogens with zero attached hydrogens (tertiary/aromatic N) is 3. The molecule has 0 fully saturated rings. The van der Waals surface area contributed by atoms with Crippen LogP contribution in [0.5, 0.6) is 0 Å². The summed E-state index contributed by atoms with van der Waals surface area (Å²) in [5.41, 5.74) is 1.39. The summed E-state index contributed by atoms with van der Waals surface area (Å²) in [6.07, 6.45) is 1.96. The van der Waals surface area contributed by atoms with E-state index in [0.717, 1.165) is 5.69 Å². The number of hydrogen-bond acceptors (Lipinski definition) is 2. The SMILES string of the molecule is CC(C)CN(Cc1cccn1C)C(=O)CN(CC(C)C)C(=O)Nc1c(Cl)cccc1Cl. The number of nitrogens with one attached hydrogen (secondary N) is 1. The van der Waals surface area contributed by atoms with Crippen LogP contribution in [0.2, 0.25) is 10.0 Å². The molecular weight excluding hydrogens is 435 g/mol. The third kappa shape index (κ3) is 7.47. The monoisotopic (exact) mass is 466 g/mol. The zero-order valence-corrected chi connectivity index (χ0v) is 20.4. The van der Waals surface area contributed by atoms with Crippen LogP contribution in [-0.4, -0.2) is 45.9 Å². The molecular formula is C23H32Cl2N4O2. The average molecular weight is 467 g/mol. The van der Waals surface area contributed by atoms with Crippen molar-refractivity contribution in [3.63, 3.8) is 0 Å². The molecule has 1 aromatic heterocycles. The molecule has 3 amide bonds. The Hall–Kier alpha value is -2.18. The van der Waals surface area contributed by atoms with E-state index in [2.05, 4.69) is 19.2 Å². The molecule has 170 valence electrons. The van der Waals surface area contributed by atoms with Gasteiger partial charge in [-0.3, -0.25) is 4.79 Å². The van der Waals surface area contributed by atoms with E-state index in [0.29, 0.717) is 41.3 Å². The van der Waals surface area contributed by atoms with Gasteiger partial charge in [0.1, 0.15) is 6.54 Å². The van der Waals surface area contributed by atoms with E-state index in [1.165, 1.54) is 4.90 Å². The third-order valence-electron chi connectivity index (χ3n) is 4.74. The molecule has 0 unspecified atom stereocenters. The Morgan fingerprint density at radius 3 is 2.06 bits per heavy atom. The lowest BCUT2D eigenvalue weighted by Gasteiger charge is -2.30. The number of benzene rings is 1. The van der Waals surface area contributed by atoms with Crippen LogP contribution >= 0.6 is 23.2 Å². The molecule has 8 heteroatoms. The van der Waals surface area contributed by atoms with Crippen molar-refractivity contribution in [2.75, 3.05) is 25.0 Å². The van der Waals surface area contributed by atoms with E-state index < -0.39 is 6.03 Å². The van der Waals surface area contributed by atoms with E-state index in [1.54, 1.807) is 18.2 Å². The second-order valence-electron chi connectivity index (χ2n) is 8.58. The molecule has 0 aliphatic heterocycles. The molecule has 0 radical (unpaired) electrons. The van der Waals surface area contributed by atoms with Gasteiger partial charge in [-0.15, -0.1) is 0 Å². The number of anilines is 1. The Morgan fingerprint density at radius 2 is 1.55 bits per heavy atom. The normalized spacial score (nSPS) is 11.1. The molecule has 0 aliphatic carbocycles. The van der Waals surface area contributed by atoms with Crippen LogP contribution in [0.25, 0.3) is 0 Å². The smallest absolute Gasteiger partial charge is 0.322 e. The summed E-state index contributed by atoms with van der Waals surface area (Å²) < 4.78 is 2.00. The Balaban J connectivity index is 2.18. The summed E-state index contributed by atoms with van der Waals surface area (Å²) in [5.74, 6) is 0.390. The van der Waals surface area contributed by atoms with E-state index in [1.807, 2.05) is 48.7 Å². The maximum atomic E-state index is 13.2. The molecule has 2 rings (SSSR count). The highest BCUT2D eigenvalue weighted by Crippen LogP contribution is 2.30. The first kappa shape index (κ1) is 25.1. The molecule has 0 saturated heterocycles. The first-order valence-corrected chi connectivity index (χ1v) is 11.2. The van der Waals surface area contributed by atoms with Crippen LogP contribution in [0.4, 0.5) is 10.5 Å². The maximum Gasteiger partial charge on any atom is 0.322 e. The van der Waals surface area contributed by atoms with Crippen molar-refractivity contribution in [3.8, 4) is 0 Å². The van der Waals surface area contributed by atoms with Crippen LogP contribution in [0.1, 0.15) is 33.4 Å². The fourth-order valence-electron chi connectivity index (χ4n) is 3.28. The molecule has 6 nitrogen and oxygen atoms in total. The molecule has 1 heterocycles. The minimum absolute atomic E-state index is 0.0246. The predicted octanol–water partition coefficient (Wildman–Crippen LogP) is 5.51. The quantitative estimate of drug-likeness (QED) is 0.529. The second kappa shape index (κ2) is 11.4. The fourth-order valence-corrected chi connectivity index (χ4v) is 3.77. The van der Waals surface area contributed by atoms with Crippen LogP contribution < -0.4 is 5.32 Å². The predicted molar refractivity (Wildman–Crippen MR) is 128 cm³/mol. The van der Waals surface area contributed by atoms with Crippen LogP contribution in [0.15, 0.2) is 36.5 Å². The number of amides is 3. The van der Waals surface area contributed by atoms with Crippen molar-refractivity contribution in [2.45, 2.75) is 34.2 Å². The highest BCUT2D eigenvalue weighted by atomic mass is 35.5. The minimum atomic E-state index is -0.402. The molecule has 0 spiro atoms. The van der Waals surface area contributed by atoms with E-state index in [-0.39, 0.29) is 18.4 Å². The van der Waals surface area contributed by atoms with Gasteiger partial charge in [0.15, 0.2) is 0 Å². The Bertz CT molecular complexity index is 875. The molecule has 31 heavy (non-hydrogen) atoms. The average Bonchev–Trinajstić information content (AvgIpc) is 3.07. The van der Waals surface area contributed by atoms with Gasteiger partial charge in [-0.1, -0.05) is 57.0 Å². The molecule has 2 aromatic rings. The number of aryl methyl sites for hydroxylation is 1. The number of para-hydroxylation sites is 1. The molecule has 0 saturated carbocycles. The van der Waals surface area contributed by atoms with Crippen molar-refractivity contribution in [3.05, 3.63) is 52.3 Å². The first-order valence-electron chi connectivity index (χ1n) is 10.5. The van der Waals surface area contributed by atoms with Crippen molar-refractivity contribution in [1.29, 1.82) is 0 Å². The number of carbonyl (C=O) groups excluding carboxylic acids is 2. The lowest BCUT2D eigenvalue weighted by Crippen LogP contribution is -2.46. The van der Waals surface area contributed by atoms with Gasteiger partial charge in [0.05, 0.1) is 22.3 Å². The second-order valence-corrected chi connectivity index (χ2v) is 9.39. The van der Waals surface area contributed by atoms with Gasteiger partial charge in [-0.25, -0.2) is 4.79 Å². The van der Waals surface area contributed by atoms with E-state index in [9.17, 15) is 9.59 Å². The van der Waals surface area contributed by atoms with Gasteiger partial charge in [0.25, 0.3) is 0 Å². The number of carbonyl (C=O) groups is 2. The number of halogens is 2. The Morgan fingerprint density at radius 1 is 0.968 bits per heavy atom. The Labute approximate surface area is 195 Å². The van der Waals surface area contributed by atoms with Crippen molar-refractivity contribution in [1.82, 2.24) is 14.4 Å².